The maximum Gasteiger partial charge on any atom is 0.118 e. The van der Waals surface area contributed by atoms with Crippen LogP contribution in [0.2, 0.25) is 0 Å². The fourth-order valence-corrected chi connectivity index (χ4v) is 8.40. The lowest BCUT2D eigenvalue weighted by atomic mass is 10.0. The molecule has 8 bridgehead atoms. The van der Waals surface area contributed by atoms with E-state index in [2.05, 4.69) is 137 Å². The van der Waals surface area contributed by atoms with Crippen molar-refractivity contribution in [3.8, 4) is 11.5 Å². The number of nitrogens with zero attached hydrogens (tertiary/aromatic N) is 1. The maximum atomic E-state index is 5.49. The molecule has 6 aromatic rings. The Morgan fingerprint density at radius 3 is 1.62 bits per heavy atom. The Bertz CT molecular complexity index is 2510. The molecule has 0 aliphatic carbocycles. The van der Waals surface area contributed by atoms with Crippen LogP contribution >= 0.6 is 45.3 Å². The van der Waals surface area contributed by atoms with Gasteiger partial charge in [-0.3, -0.25) is 0 Å². The minimum Gasteiger partial charge on any atom is -0.497 e. The molecule has 8 rings (SSSR count). The van der Waals surface area contributed by atoms with E-state index in [1.54, 1.807) is 36.9 Å². The number of aliphatic imine (C=N–C) groups is 1. The minimum absolute atomic E-state index is 0.826. The second-order valence-electron chi connectivity index (χ2n) is 11.3. The van der Waals surface area contributed by atoms with Gasteiger partial charge in [-0.05, 0) is 136 Å². The summed E-state index contributed by atoms with van der Waals surface area (Å²) in [6, 6.07) is 38.4. The van der Waals surface area contributed by atoms with Crippen LogP contribution in [0.4, 0.5) is 0 Å². The van der Waals surface area contributed by atoms with E-state index >= 15 is 0 Å². The summed E-state index contributed by atoms with van der Waals surface area (Å²) >= 11 is 5.92. The molecule has 2 aliphatic rings. The Kier molecular flexibility index (Phi) is 8.34. The van der Waals surface area contributed by atoms with Gasteiger partial charge in [0.25, 0.3) is 0 Å². The Balaban J connectivity index is 1.43. The van der Waals surface area contributed by atoms with Crippen molar-refractivity contribution in [3.05, 3.63) is 177 Å². The Morgan fingerprint density at radius 2 is 1.04 bits per heavy atom. The van der Waals surface area contributed by atoms with Crippen LogP contribution in [0.15, 0.2) is 132 Å². The second-order valence-corrected chi connectivity index (χ2v) is 14.8. The highest BCUT2D eigenvalue weighted by Gasteiger charge is 2.20. The predicted octanol–water partition coefficient (Wildman–Crippen LogP) is 7.25. The van der Waals surface area contributed by atoms with Gasteiger partial charge in [-0.15, -0.1) is 22.7 Å². The number of rotatable bonds is 5. The third-order valence-electron chi connectivity index (χ3n) is 8.43. The van der Waals surface area contributed by atoms with E-state index in [9.17, 15) is 0 Å². The smallest absolute Gasteiger partial charge is 0.118 e. The summed E-state index contributed by atoms with van der Waals surface area (Å²) in [7, 11) is 3.40. The van der Waals surface area contributed by atoms with Crippen LogP contribution in [0, 0.1) is 3.57 Å². The number of halogens is 1. The lowest BCUT2D eigenvalue weighted by Crippen LogP contribution is -2.09. The number of hydrogen-bond acceptors (Lipinski definition) is 5. The van der Waals surface area contributed by atoms with E-state index in [0.29, 0.717) is 0 Å². The molecule has 48 heavy (non-hydrogen) atoms. The number of benzene rings is 3. The summed E-state index contributed by atoms with van der Waals surface area (Å²) in [4.78, 5) is 9.18. The maximum absolute atomic E-state index is 5.49. The molecule has 2 aliphatic heterocycles. The van der Waals surface area contributed by atoms with Crippen molar-refractivity contribution in [2.24, 2.45) is 4.99 Å². The summed E-state index contributed by atoms with van der Waals surface area (Å²) in [5, 5.41) is 0. The summed E-state index contributed by atoms with van der Waals surface area (Å²) in [6.07, 6.45) is 8.71. The molecule has 7 heteroatoms. The van der Waals surface area contributed by atoms with Crippen LogP contribution in [-0.2, 0) is 0 Å². The SMILES string of the molecule is COc1ccc(/C2=c3\cc/c(s3)=C/C=c3/cc/c(s3)=C(\c3ccc(OC)cc3)c3ccc([nH]3)/C(c3ccc(I)cc3)=C3/C=CC2=N3)cc1. The van der Waals surface area contributed by atoms with Gasteiger partial charge < -0.3 is 14.5 Å². The average molecular weight is 773 g/mol. The van der Waals surface area contributed by atoms with E-state index in [-0.39, 0.29) is 0 Å². The zero-order valence-electron chi connectivity index (χ0n) is 26.2. The zero-order valence-corrected chi connectivity index (χ0v) is 30.0. The largest absolute Gasteiger partial charge is 0.497 e. The third-order valence-corrected chi connectivity index (χ3v) is 11.3. The van der Waals surface area contributed by atoms with Gasteiger partial charge in [0, 0.05) is 49.8 Å². The van der Waals surface area contributed by atoms with Crippen molar-refractivity contribution in [2.75, 3.05) is 14.2 Å². The highest BCUT2D eigenvalue weighted by Crippen LogP contribution is 2.34. The van der Waals surface area contributed by atoms with Gasteiger partial charge in [-0.2, -0.15) is 0 Å². The number of allylic oxidation sites excluding steroid dienone is 2. The number of H-pyrrole nitrogens is 1. The molecule has 0 saturated heterocycles. The first-order valence-electron chi connectivity index (χ1n) is 15.4. The van der Waals surface area contributed by atoms with Crippen LogP contribution in [0.1, 0.15) is 28.1 Å². The normalized spacial score (nSPS) is 19.1. The Morgan fingerprint density at radius 1 is 0.542 bits per heavy atom. The molecule has 0 saturated carbocycles. The molecule has 1 N–H and O–H groups in total. The molecule has 0 amide bonds. The minimum atomic E-state index is 0.826. The average Bonchev–Trinajstić information content (AvgIpc) is 3.95. The zero-order chi connectivity index (χ0) is 32.6. The van der Waals surface area contributed by atoms with Crippen molar-refractivity contribution in [1.82, 2.24) is 4.98 Å². The number of hydrogen-bond donors (Lipinski definition) is 1. The van der Waals surface area contributed by atoms with E-state index in [4.69, 9.17) is 14.5 Å². The molecule has 0 radical (unpaired) electrons. The molecule has 4 nitrogen and oxygen atoms in total. The van der Waals surface area contributed by atoms with Crippen molar-refractivity contribution in [3.63, 3.8) is 0 Å². The van der Waals surface area contributed by atoms with E-state index in [1.807, 2.05) is 24.3 Å². The van der Waals surface area contributed by atoms with Crippen LogP contribution < -0.4 is 27.6 Å². The molecule has 3 aromatic heterocycles. The van der Waals surface area contributed by atoms with Gasteiger partial charge in [0.05, 0.1) is 25.6 Å². The third kappa shape index (κ3) is 5.94. The highest BCUT2D eigenvalue weighted by atomic mass is 127. The molecule has 5 heterocycles. The number of thiophene rings is 2. The Labute approximate surface area is 299 Å². The van der Waals surface area contributed by atoms with Gasteiger partial charge in [-0.25, -0.2) is 4.99 Å². The summed E-state index contributed by atoms with van der Waals surface area (Å²) < 4.78 is 16.9. The molecular weight excluding hydrogens is 744 g/mol. The number of methoxy groups -OCH3 is 2. The van der Waals surface area contributed by atoms with Gasteiger partial charge in [0.1, 0.15) is 11.5 Å². The van der Waals surface area contributed by atoms with Crippen molar-refractivity contribution < 1.29 is 9.47 Å². The van der Waals surface area contributed by atoms with Gasteiger partial charge in [-0.1, -0.05) is 36.4 Å². The van der Waals surface area contributed by atoms with E-state index in [1.165, 1.54) is 17.2 Å². The molecule has 0 fully saturated rings. The van der Waals surface area contributed by atoms with Gasteiger partial charge in [0.15, 0.2) is 0 Å². The standard InChI is InChI=1S/C41H29IN2O2S2/c1-45-29-11-5-26(6-12-29)40-35-21-19-33(43-35)39(25-3-9-28(42)10-4-25)34-20-22-36(44-34)41(27-7-13-30(46-2)14-8-27)38-24-18-32(48-38)16-15-31-17-23-37(40)47-31/h3-24,43H,1-2H3/b16-15?,31-15-,32-16-,39-33?,39-34-,40-35?,40-37-,41-36?,41-38-. The summed E-state index contributed by atoms with van der Waals surface area (Å²) in [5.74, 6) is 1.66. The fourth-order valence-electron chi connectivity index (χ4n) is 6.07. The fraction of sp³-hybridized carbons (Fsp3) is 0.0488. The number of aromatic nitrogens is 1. The van der Waals surface area contributed by atoms with Crippen LogP contribution in [0.5, 0.6) is 11.5 Å². The molecule has 3 aromatic carbocycles. The molecule has 0 unspecified atom stereocenters. The van der Waals surface area contributed by atoms with E-state index in [0.717, 1.165) is 72.2 Å². The lowest BCUT2D eigenvalue weighted by Gasteiger charge is -2.11. The summed E-state index contributed by atoms with van der Waals surface area (Å²) in [5.41, 5.74) is 10.5. The number of nitrogens with one attached hydrogen (secondary N) is 1. The molecule has 0 atom stereocenters. The van der Waals surface area contributed by atoms with Gasteiger partial charge in [0.2, 0.25) is 0 Å². The van der Waals surface area contributed by atoms with Gasteiger partial charge >= 0.3 is 0 Å². The quantitative estimate of drug-likeness (QED) is 0.188. The predicted molar refractivity (Wildman–Crippen MR) is 209 cm³/mol. The first kappa shape index (κ1) is 30.6. The highest BCUT2D eigenvalue weighted by molar-refractivity contribution is 14.1. The lowest BCUT2D eigenvalue weighted by molar-refractivity contribution is 0.414. The molecular formula is C41H29IN2O2S2. The molecule has 234 valence electrons. The second kappa shape index (κ2) is 13.1. The number of fused-ring (bicyclic) bond motifs is 7. The van der Waals surface area contributed by atoms with Crippen LogP contribution in [0.3, 0.4) is 0 Å². The summed E-state index contributed by atoms with van der Waals surface area (Å²) in [6.45, 7) is 0. The van der Waals surface area contributed by atoms with Crippen molar-refractivity contribution in [2.45, 2.75) is 0 Å². The Hall–Kier alpha value is -4.70. The number of ether oxygens (including phenoxy) is 2. The van der Waals surface area contributed by atoms with Crippen LogP contribution in [-0.4, -0.2) is 24.9 Å². The topological polar surface area (TPSA) is 46.6 Å². The first-order valence-corrected chi connectivity index (χ1v) is 18.2. The van der Waals surface area contributed by atoms with Crippen molar-refractivity contribution in [1.29, 1.82) is 0 Å². The number of aromatic amines is 1. The first-order chi connectivity index (χ1) is 23.6. The van der Waals surface area contributed by atoms with E-state index < -0.39 is 0 Å². The van der Waals surface area contributed by atoms with Crippen molar-refractivity contribution >= 4 is 79.8 Å². The van der Waals surface area contributed by atoms with Crippen LogP contribution in [0.25, 0.3) is 28.9 Å². The molecule has 0 spiro atoms. The monoisotopic (exact) mass is 772 g/mol.